The molecule has 2 aromatic carbocycles. The minimum atomic E-state index is -4.58. The average molecular weight is 423 g/mol. The van der Waals surface area contributed by atoms with Crippen molar-refractivity contribution in [2.75, 3.05) is 13.2 Å². The molecule has 3 N–H and O–H groups in total. The van der Waals surface area contributed by atoms with Gasteiger partial charge in [-0.3, -0.25) is 0 Å². The molecule has 0 fully saturated rings. The van der Waals surface area contributed by atoms with E-state index in [4.69, 9.17) is 10.5 Å². The van der Waals surface area contributed by atoms with Gasteiger partial charge in [-0.15, -0.1) is 10.2 Å². The summed E-state index contributed by atoms with van der Waals surface area (Å²) in [6.45, 7) is 1.34. The second-order valence-corrected chi connectivity index (χ2v) is 7.76. The number of halogens is 3. The Hall–Kier alpha value is -2.49. The van der Waals surface area contributed by atoms with Crippen LogP contribution >= 0.6 is 11.3 Å². The van der Waals surface area contributed by atoms with Gasteiger partial charge in [0.15, 0.2) is 0 Å². The lowest BCUT2D eigenvalue weighted by atomic mass is 10.1. The number of aliphatic hydroxyl groups excluding tert-OH is 1. The van der Waals surface area contributed by atoms with E-state index in [2.05, 4.69) is 10.2 Å². The molecule has 0 saturated carbocycles. The number of aliphatic hydroxyl groups is 1. The topological polar surface area (TPSA) is 81.3 Å². The van der Waals surface area contributed by atoms with Crippen molar-refractivity contribution in [3.8, 4) is 16.3 Å². The number of hydrogen-bond donors (Lipinski definition) is 2. The molecule has 0 spiro atoms. The summed E-state index contributed by atoms with van der Waals surface area (Å²) >= 11 is 1.04. The highest BCUT2D eigenvalue weighted by atomic mass is 32.1. The SMILES string of the molecule is CC(N)(CO)c1nnc(-c2ccc(OCCc3ccccc3)c(C(F)(F)F)c2)s1. The van der Waals surface area contributed by atoms with Gasteiger partial charge in [-0.05, 0) is 30.7 Å². The molecule has 0 amide bonds. The number of rotatable bonds is 7. The molecule has 0 aliphatic rings. The van der Waals surface area contributed by atoms with E-state index in [0.29, 0.717) is 11.4 Å². The summed E-state index contributed by atoms with van der Waals surface area (Å²) in [4.78, 5) is 0. The summed E-state index contributed by atoms with van der Waals surface area (Å²) in [7, 11) is 0. The summed E-state index contributed by atoms with van der Waals surface area (Å²) in [5.74, 6) is -0.235. The third-order valence-electron chi connectivity index (χ3n) is 4.27. The van der Waals surface area contributed by atoms with Gasteiger partial charge in [0.2, 0.25) is 0 Å². The first kappa shape index (κ1) is 21.2. The fourth-order valence-corrected chi connectivity index (χ4v) is 3.46. The van der Waals surface area contributed by atoms with Gasteiger partial charge in [-0.25, -0.2) is 0 Å². The first-order valence-corrected chi connectivity index (χ1v) is 9.64. The lowest BCUT2D eigenvalue weighted by molar-refractivity contribution is -0.138. The van der Waals surface area contributed by atoms with Crippen LogP contribution in [-0.4, -0.2) is 28.5 Å². The molecule has 0 saturated heterocycles. The lowest BCUT2D eigenvalue weighted by Gasteiger charge is -2.17. The fraction of sp³-hybridized carbons (Fsp3) is 0.300. The number of nitrogens with two attached hydrogens (primary N) is 1. The Morgan fingerprint density at radius 2 is 1.83 bits per heavy atom. The van der Waals surface area contributed by atoms with Crippen molar-refractivity contribution < 1.29 is 23.0 Å². The maximum absolute atomic E-state index is 13.6. The molecule has 154 valence electrons. The summed E-state index contributed by atoms with van der Waals surface area (Å²) in [6.07, 6.45) is -4.09. The minimum absolute atomic E-state index is 0.122. The van der Waals surface area contributed by atoms with Gasteiger partial charge >= 0.3 is 6.18 Å². The van der Waals surface area contributed by atoms with Crippen LogP contribution in [-0.2, 0) is 18.1 Å². The predicted octanol–water partition coefficient (Wildman–Crippen LogP) is 4.01. The van der Waals surface area contributed by atoms with Crippen molar-refractivity contribution in [1.82, 2.24) is 10.2 Å². The normalized spacial score (nSPS) is 13.9. The van der Waals surface area contributed by atoms with E-state index >= 15 is 0 Å². The van der Waals surface area contributed by atoms with Gasteiger partial charge in [0.1, 0.15) is 15.8 Å². The van der Waals surface area contributed by atoms with Gasteiger partial charge < -0.3 is 15.6 Å². The average Bonchev–Trinajstić information content (AvgIpc) is 3.19. The molecule has 1 heterocycles. The van der Waals surface area contributed by atoms with E-state index in [-0.39, 0.29) is 29.5 Å². The van der Waals surface area contributed by atoms with Gasteiger partial charge in [0.25, 0.3) is 0 Å². The largest absolute Gasteiger partial charge is 0.493 e. The zero-order valence-electron chi connectivity index (χ0n) is 15.6. The van der Waals surface area contributed by atoms with E-state index < -0.39 is 17.3 Å². The summed E-state index contributed by atoms with van der Waals surface area (Å²) < 4.78 is 46.2. The molecular formula is C20H20F3N3O2S. The number of ether oxygens (including phenoxy) is 1. The number of benzene rings is 2. The third kappa shape index (κ3) is 5.11. The maximum Gasteiger partial charge on any atom is 0.419 e. The van der Waals surface area contributed by atoms with E-state index in [9.17, 15) is 18.3 Å². The van der Waals surface area contributed by atoms with Crippen LogP contribution in [0.2, 0.25) is 0 Å². The summed E-state index contributed by atoms with van der Waals surface area (Å²) in [5, 5.41) is 17.8. The van der Waals surface area contributed by atoms with Gasteiger partial charge in [0.05, 0.1) is 24.3 Å². The Balaban J connectivity index is 1.83. The molecule has 0 radical (unpaired) electrons. The monoisotopic (exact) mass is 423 g/mol. The van der Waals surface area contributed by atoms with Crippen LogP contribution in [0, 0.1) is 0 Å². The summed E-state index contributed by atoms with van der Waals surface area (Å²) in [6, 6.07) is 13.2. The molecule has 1 unspecified atom stereocenters. The highest BCUT2D eigenvalue weighted by Crippen LogP contribution is 2.39. The van der Waals surface area contributed by atoms with Crippen LogP contribution < -0.4 is 10.5 Å². The Morgan fingerprint density at radius 1 is 1.10 bits per heavy atom. The zero-order valence-corrected chi connectivity index (χ0v) is 16.4. The zero-order chi connectivity index (χ0) is 21.1. The van der Waals surface area contributed by atoms with E-state index in [0.717, 1.165) is 23.0 Å². The van der Waals surface area contributed by atoms with Crippen molar-refractivity contribution in [2.24, 2.45) is 5.73 Å². The van der Waals surface area contributed by atoms with Crippen molar-refractivity contribution in [3.05, 3.63) is 64.7 Å². The van der Waals surface area contributed by atoms with Crippen molar-refractivity contribution in [3.63, 3.8) is 0 Å². The van der Waals surface area contributed by atoms with Crippen LogP contribution in [0.25, 0.3) is 10.6 Å². The van der Waals surface area contributed by atoms with Crippen LogP contribution in [0.4, 0.5) is 13.2 Å². The van der Waals surface area contributed by atoms with E-state index in [1.54, 1.807) is 6.92 Å². The highest BCUT2D eigenvalue weighted by molar-refractivity contribution is 7.14. The molecule has 5 nitrogen and oxygen atoms in total. The first-order valence-electron chi connectivity index (χ1n) is 8.83. The van der Waals surface area contributed by atoms with Crippen LogP contribution in [0.15, 0.2) is 48.5 Å². The quantitative estimate of drug-likeness (QED) is 0.600. The summed E-state index contributed by atoms with van der Waals surface area (Å²) in [5.41, 5.74) is 5.16. The van der Waals surface area contributed by atoms with Crippen LogP contribution in [0.1, 0.15) is 23.1 Å². The number of hydrogen-bond acceptors (Lipinski definition) is 6. The van der Waals surface area contributed by atoms with Gasteiger partial charge in [-0.1, -0.05) is 41.7 Å². The molecule has 0 aliphatic carbocycles. The highest BCUT2D eigenvalue weighted by Gasteiger charge is 2.35. The number of alkyl halides is 3. The van der Waals surface area contributed by atoms with E-state index in [1.165, 1.54) is 12.1 Å². The number of nitrogens with zero attached hydrogens (tertiary/aromatic N) is 2. The van der Waals surface area contributed by atoms with Crippen molar-refractivity contribution in [2.45, 2.75) is 25.1 Å². The third-order valence-corrected chi connectivity index (χ3v) is 5.52. The predicted molar refractivity (Wildman–Crippen MR) is 105 cm³/mol. The van der Waals surface area contributed by atoms with Gasteiger partial charge in [0, 0.05) is 12.0 Å². The fourth-order valence-electron chi connectivity index (χ4n) is 2.57. The second-order valence-electron chi connectivity index (χ2n) is 6.78. The lowest BCUT2D eigenvalue weighted by Crippen LogP contribution is -2.36. The molecule has 3 rings (SSSR count). The molecule has 3 aromatic rings. The molecule has 0 bridgehead atoms. The van der Waals surface area contributed by atoms with Crippen LogP contribution in [0.5, 0.6) is 5.75 Å². The van der Waals surface area contributed by atoms with E-state index in [1.807, 2.05) is 30.3 Å². The smallest absolute Gasteiger partial charge is 0.419 e. The molecule has 0 aliphatic heterocycles. The molecule has 29 heavy (non-hydrogen) atoms. The number of aromatic nitrogens is 2. The Bertz CT molecular complexity index is 959. The first-order chi connectivity index (χ1) is 13.7. The van der Waals surface area contributed by atoms with Crippen molar-refractivity contribution in [1.29, 1.82) is 0 Å². The molecule has 1 atom stereocenters. The molecule has 9 heteroatoms. The maximum atomic E-state index is 13.6. The van der Waals surface area contributed by atoms with Crippen molar-refractivity contribution >= 4 is 11.3 Å². The standard InChI is InChI=1S/C20H20F3N3O2S/c1-19(24,12-27)18-26-25-17(29-18)14-7-8-16(15(11-14)20(21,22)23)28-10-9-13-5-3-2-4-6-13/h2-8,11,27H,9-10,12,24H2,1H3. The van der Waals surface area contributed by atoms with Crippen LogP contribution in [0.3, 0.4) is 0 Å². The molecular weight excluding hydrogens is 403 g/mol. The second kappa shape index (κ2) is 8.48. The minimum Gasteiger partial charge on any atom is -0.493 e. The Kier molecular flexibility index (Phi) is 6.21. The Morgan fingerprint density at radius 3 is 2.48 bits per heavy atom. The Labute approximate surface area is 170 Å². The van der Waals surface area contributed by atoms with Gasteiger partial charge in [-0.2, -0.15) is 13.2 Å². The molecule has 1 aromatic heterocycles.